The number of amides is 1. The summed E-state index contributed by atoms with van der Waals surface area (Å²) >= 11 is 7.82. The second kappa shape index (κ2) is 9.60. The lowest BCUT2D eigenvalue weighted by molar-refractivity contribution is -0.137. The third-order valence-corrected chi connectivity index (χ3v) is 6.19. The third-order valence-electron chi connectivity index (χ3n) is 5.03. The van der Waals surface area contributed by atoms with Gasteiger partial charge in [-0.3, -0.25) is 9.69 Å². The van der Waals surface area contributed by atoms with Crippen LogP contribution in [0, 0.1) is 11.3 Å². The van der Waals surface area contributed by atoms with E-state index in [9.17, 15) is 18.0 Å². The van der Waals surface area contributed by atoms with Crippen molar-refractivity contribution in [2.24, 2.45) is 0 Å². The highest BCUT2D eigenvalue weighted by Crippen LogP contribution is 2.37. The summed E-state index contributed by atoms with van der Waals surface area (Å²) in [6, 6.07) is 4.79. The van der Waals surface area contributed by atoms with E-state index in [0.29, 0.717) is 6.54 Å². The molecule has 1 aromatic carbocycles. The Balaban J connectivity index is 2.23. The number of halogens is 4. The number of nitriles is 1. The van der Waals surface area contributed by atoms with Crippen molar-refractivity contribution >= 4 is 51.5 Å². The first kappa shape index (κ1) is 23.9. The maximum absolute atomic E-state index is 13.3. The van der Waals surface area contributed by atoms with Crippen molar-refractivity contribution < 1.29 is 18.0 Å². The molecule has 0 unspecified atom stereocenters. The molecule has 1 saturated heterocycles. The van der Waals surface area contributed by atoms with Crippen molar-refractivity contribution in [1.82, 2.24) is 4.90 Å². The molecule has 29 heavy (non-hydrogen) atoms. The van der Waals surface area contributed by atoms with E-state index in [4.69, 9.17) is 17.5 Å². The highest BCUT2D eigenvalue weighted by molar-refractivity contribution is 14.1. The number of benzene rings is 1. The molecule has 1 fully saturated rings. The fraction of sp³-hybridized carbons (Fsp3) is 0.550. The van der Waals surface area contributed by atoms with Gasteiger partial charge in [-0.25, -0.2) is 0 Å². The van der Waals surface area contributed by atoms with Gasteiger partial charge >= 0.3 is 6.18 Å². The molecule has 0 N–H and O–H groups in total. The summed E-state index contributed by atoms with van der Waals surface area (Å²) in [5, 5.41) is 9.18. The van der Waals surface area contributed by atoms with Gasteiger partial charge in [-0.1, -0.05) is 41.9 Å². The predicted molar refractivity (Wildman–Crippen MR) is 119 cm³/mol. The Kier molecular flexibility index (Phi) is 7.90. The summed E-state index contributed by atoms with van der Waals surface area (Å²) in [4.78, 5) is 15.9. The van der Waals surface area contributed by atoms with Crippen LogP contribution in [0.3, 0.4) is 0 Å². The molecule has 4 nitrogen and oxygen atoms in total. The number of alkyl halides is 4. The normalized spacial score (nSPS) is 16.4. The number of unbranched alkanes of at least 4 members (excludes halogenated alkanes) is 4. The van der Waals surface area contributed by atoms with Crippen molar-refractivity contribution in [2.75, 3.05) is 15.9 Å². The molecule has 158 valence electrons. The Labute approximate surface area is 188 Å². The molecule has 1 heterocycles. The molecule has 0 atom stereocenters. The number of hydrogen-bond donors (Lipinski definition) is 0. The highest BCUT2D eigenvalue weighted by Gasteiger charge is 2.49. The van der Waals surface area contributed by atoms with Crippen LogP contribution in [0.1, 0.15) is 57.1 Å². The lowest BCUT2D eigenvalue weighted by Gasteiger charge is -2.29. The van der Waals surface area contributed by atoms with Gasteiger partial charge in [-0.05, 0) is 61.5 Å². The Morgan fingerprint density at radius 2 is 1.79 bits per heavy atom. The van der Waals surface area contributed by atoms with E-state index >= 15 is 0 Å². The topological polar surface area (TPSA) is 47.3 Å². The number of carbonyl (C=O) groups is 1. The van der Waals surface area contributed by atoms with Crippen LogP contribution in [0.2, 0.25) is 0 Å². The number of rotatable bonds is 8. The Morgan fingerprint density at radius 3 is 2.38 bits per heavy atom. The summed E-state index contributed by atoms with van der Waals surface area (Å²) in [6.07, 6.45) is 0.612. The molecule has 0 saturated carbocycles. The summed E-state index contributed by atoms with van der Waals surface area (Å²) in [5.41, 5.74) is -2.46. The van der Waals surface area contributed by atoms with Gasteiger partial charge in [-0.15, -0.1) is 0 Å². The van der Waals surface area contributed by atoms with Crippen LogP contribution in [0.25, 0.3) is 0 Å². The third kappa shape index (κ3) is 5.20. The number of carbonyl (C=O) groups excluding carboxylic acids is 1. The van der Waals surface area contributed by atoms with Gasteiger partial charge < -0.3 is 4.90 Å². The zero-order valence-electron chi connectivity index (χ0n) is 16.4. The first-order valence-electron chi connectivity index (χ1n) is 9.39. The van der Waals surface area contributed by atoms with Crippen LogP contribution in [-0.4, -0.2) is 32.4 Å². The lowest BCUT2D eigenvalue weighted by Crippen LogP contribution is -2.44. The smallest absolute Gasteiger partial charge is 0.334 e. The van der Waals surface area contributed by atoms with Crippen molar-refractivity contribution in [1.29, 1.82) is 5.26 Å². The molecule has 0 aliphatic carbocycles. The van der Waals surface area contributed by atoms with Gasteiger partial charge in [0.2, 0.25) is 0 Å². The second-order valence-corrected chi connectivity index (χ2v) is 8.87. The van der Waals surface area contributed by atoms with E-state index in [1.54, 1.807) is 24.8 Å². The molecular weight excluding hydrogens is 514 g/mol. The van der Waals surface area contributed by atoms with Crippen LogP contribution >= 0.6 is 34.8 Å². The lowest BCUT2D eigenvalue weighted by atomic mass is 10.0. The summed E-state index contributed by atoms with van der Waals surface area (Å²) < 4.78 is 41.1. The summed E-state index contributed by atoms with van der Waals surface area (Å²) in [7, 11) is 0. The van der Waals surface area contributed by atoms with Crippen molar-refractivity contribution in [3.8, 4) is 6.07 Å². The van der Waals surface area contributed by atoms with E-state index in [1.807, 2.05) is 0 Å². The first-order chi connectivity index (χ1) is 13.6. The number of nitrogens with zero attached hydrogens (tertiary/aromatic N) is 3. The highest BCUT2D eigenvalue weighted by atomic mass is 127. The SMILES string of the molecule is CC1(C)C(=O)N(c2ccc(C#N)c(C(F)(F)F)c2)C(=S)N1CCCCCCCI. The summed E-state index contributed by atoms with van der Waals surface area (Å²) in [6.45, 7) is 4.03. The zero-order valence-corrected chi connectivity index (χ0v) is 19.3. The molecule has 0 radical (unpaired) electrons. The second-order valence-electron chi connectivity index (χ2n) is 7.43. The van der Waals surface area contributed by atoms with E-state index in [0.717, 1.165) is 47.1 Å². The van der Waals surface area contributed by atoms with Crippen LogP contribution in [-0.2, 0) is 11.0 Å². The minimum absolute atomic E-state index is 0.0314. The fourth-order valence-corrected chi connectivity index (χ4v) is 4.38. The van der Waals surface area contributed by atoms with Crippen molar-refractivity contribution in [3.63, 3.8) is 0 Å². The standard InChI is InChI=1S/C20H23F3IN3OS/c1-19(2)17(28)27(18(29)26(19)11-7-5-3-4-6-10-24)15-9-8-14(13-25)16(12-15)20(21,22)23/h8-9,12H,3-7,10-11H2,1-2H3. The maximum atomic E-state index is 13.3. The van der Waals surface area contributed by atoms with Crippen molar-refractivity contribution in [2.45, 2.75) is 57.7 Å². The van der Waals surface area contributed by atoms with Crippen molar-refractivity contribution in [3.05, 3.63) is 29.3 Å². The molecule has 0 spiro atoms. The van der Waals surface area contributed by atoms with E-state index < -0.39 is 22.8 Å². The van der Waals surface area contributed by atoms with E-state index in [1.165, 1.54) is 12.5 Å². The molecule has 0 aromatic heterocycles. The van der Waals surface area contributed by atoms with Crippen LogP contribution in [0.15, 0.2) is 18.2 Å². The largest absolute Gasteiger partial charge is 0.417 e. The van der Waals surface area contributed by atoms with Gasteiger partial charge in [0.15, 0.2) is 5.11 Å². The Hall–Kier alpha value is -1.41. The quantitative estimate of drug-likeness (QED) is 0.186. The van der Waals surface area contributed by atoms with Gasteiger partial charge in [-0.2, -0.15) is 18.4 Å². The molecule has 0 bridgehead atoms. The van der Waals surface area contributed by atoms with E-state index in [-0.39, 0.29) is 16.7 Å². The van der Waals surface area contributed by atoms with Crippen LogP contribution in [0.5, 0.6) is 0 Å². The number of anilines is 1. The molecule has 2 rings (SSSR count). The minimum Gasteiger partial charge on any atom is -0.334 e. The minimum atomic E-state index is -4.70. The monoisotopic (exact) mass is 537 g/mol. The Morgan fingerprint density at radius 1 is 1.17 bits per heavy atom. The first-order valence-corrected chi connectivity index (χ1v) is 11.3. The van der Waals surface area contributed by atoms with Gasteiger partial charge in [0, 0.05) is 6.54 Å². The van der Waals surface area contributed by atoms with Gasteiger partial charge in [0.25, 0.3) is 5.91 Å². The summed E-state index contributed by atoms with van der Waals surface area (Å²) in [5.74, 6) is -0.370. The number of hydrogen-bond acceptors (Lipinski definition) is 3. The fourth-order valence-electron chi connectivity index (χ4n) is 3.34. The molecule has 9 heteroatoms. The molecular formula is C20H23F3IN3OS. The average Bonchev–Trinajstić information content (AvgIpc) is 2.82. The molecule has 1 aliphatic heterocycles. The zero-order chi connectivity index (χ0) is 21.8. The van der Waals surface area contributed by atoms with Gasteiger partial charge in [0.05, 0.1) is 22.9 Å². The molecule has 1 amide bonds. The average molecular weight is 537 g/mol. The number of thiocarbonyl (C=S) groups is 1. The van der Waals surface area contributed by atoms with Crippen LogP contribution in [0.4, 0.5) is 18.9 Å². The predicted octanol–water partition coefficient (Wildman–Crippen LogP) is 5.67. The van der Waals surface area contributed by atoms with Crippen LogP contribution < -0.4 is 4.90 Å². The molecule has 1 aliphatic rings. The Bertz CT molecular complexity index is 820. The van der Waals surface area contributed by atoms with E-state index in [2.05, 4.69) is 22.6 Å². The van der Waals surface area contributed by atoms with Gasteiger partial charge in [0.1, 0.15) is 5.54 Å². The molecule has 1 aromatic rings. The maximum Gasteiger partial charge on any atom is 0.417 e.